The van der Waals surface area contributed by atoms with Gasteiger partial charge in [0.15, 0.2) is 0 Å². The van der Waals surface area contributed by atoms with Crippen LogP contribution in [0.5, 0.6) is 0 Å². The highest BCUT2D eigenvalue weighted by molar-refractivity contribution is 5.99. The summed E-state index contributed by atoms with van der Waals surface area (Å²) in [6, 6.07) is 13.8. The summed E-state index contributed by atoms with van der Waals surface area (Å²) in [7, 11) is 1.60. The van der Waals surface area contributed by atoms with Crippen LogP contribution in [0.15, 0.2) is 48.5 Å². The van der Waals surface area contributed by atoms with Crippen LogP contribution in [-0.4, -0.2) is 19.0 Å². The van der Waals surface area contributed by atoms with Gasteiger partial charge >= 0.3 is 0 Å². The van der Waals surface area contributed by atoms with Gasteiger partial charge in [0.1, 0.15) is 11.9 Å². The second-order valence-electron chi connectivity index (χ2n) is 4.91. The molecule has 102 valence electrons. The number of nitrogens with one attached hydrogen (secondary N) is 1. The summed E-state index contributed by atoms with van der Waals surface area (Å²) >= 11 is 0. The van der Waals surface area contributed by atoms with Crippen LogP contribution in [0.2, 0.25) is 0 Å². The number of carbonyl (C=O) groups is 1. The molecule has 2 aromatic carbocycles. The molecule has 1 atom stereocenters. The number of amides is 1. The number of anilines is 2. The molecule has 3 nitrogen and oxygen atoms in total. The molecule has 0 aliphatic carbocycles. The average Bonchev–Trinajstić information content (AvgIpc) is 2.90. The van der Waals surface area contributed by atoms with Crippen molar-refractivity contribution >= 4 is 17.3 Å². The quantitative estimate of drug-likeness (QED) is 0.910. The molecule has 1 aliphatic rings. The lowest BCUT2D eigenvalue weighted by atomic mass is 10.1. The normalized spacial score (nSPS) is 16.4. The van der Waals surface area contributed by atoms with E-state index < -0.39 is 0 Å². The van der Waals surface area contributed by atoms with Crippen molar-refractivity contribution < 1.29 is 9.18 Å². The van der Waals surface area contributed by atoms with E-state index in [4.69, 9.17) is 0 Å². The van der Waals surface area contributed by atoms with Gasteiger partial charge in [-0.15, -0.1) is 0 Å². The number of fused-ring (bicyclic) bond motifs is 1. The Morgan fingerprint density at radius 3 is 2.65 bits per heavy atom. The molecule has 0 fully saturated rings. The molecule has 20 heavy (non-hydrogen) atoms. The molecule has 0 bridgehead atoms. The molecule has 0 aromatic heterocycles. The van der Waals surface area contributed by atoms with Gasteiger partial charge in [-0.1, -0.05) is 30.3 Å². The van der Waals surface area contributed by atoms with Gasteiger partial charge in [0.25, 0.3) is 0 Å². The molecular formula is C16H15FN2O. The highest BCUT2D eigenvalue weighted by atomic mass is 19.1. The molecule has 1 N–H and O–H groups in total. The average molecular weight is 270 g/mol. The van der Waals surface area contributed by atoms with E-state index in [1.807, 2.05) is 24.3 Å². The molecule has 1 amide bonds. The first-order chi connectivity index (χ1) is 9.66. The predicted octanol–water partition coefficient (Wildman–Crippen LogP) is 2.83. The molecule has 0 radical (unpaired) electrons. The Bertz CT molecular complexity index is 631. The topological polar surface area (TPSA) is 32.3 Å². The van der Waals surface area contributed by atoms with E-state index in [0.717, 1.165) is 11.3 Å². The zero-order valence-electron chi connectivity index (χ0n) is 11.1. The van der Waals surface area contributed by atoms with Crippen molar-refractivity contribution in [1.82, 2.24) is 0 Å². The van der Waals surface area contributed by atoms with Crippen molar-refractivity contribution in [2.75, 3.05) is 17.3 Å². The largest absolute Gasteiger partial charge is 0.373 e. The number of halogens is 1. The third-order valence-electron chi connectivity index (χ3n) is 3.61. The minimum atomic E-state index is -0.390. The zero-order valence-corrected chi connectivity index (χ0v) is 11.1. The van der Waals surface area contributed by atoms with Gasteiger partial charge in [-0.25, -0.2) is 4.39 Å². The molecular weight excluding hydrogens is 255 g/mol. The van der Waals surface area contributed by atoms with Gasteiger partial charge in [0.2, 0.25) is 5.91 Å². The molecule has 2 aromatic rings. The van der Waals surface area contributed by atoms with Gasteiger partial charge in [-0.2, -0.15) is 0 Å². The number of hydrogen-bond acceptors (Lipinski definition) is 2. The maximum Gasteiger partial charge on any atom is 0.249 e. The van der Waals surface area contributed by atoms with Crippen molar-refractivity contribution in [3.05, 3.63) is 59.9 Å². The Morgan fingerprint density at radius 2 is 1.90 bits per heavy atom. The fourth-order valence-corrected chi connectivity index (χ4v) is 2.52. The molecule has 1 aliphatic heterocycles. The summed E-state index contributed by atoms with van der Waals surface area (Å²) in [5.41, 5.74) is 2.40. The first-order valence-corrected chi connectivity index (χ1v) is 6.53. The van der Waals surface area contributed by atoms with Crippen molar-refractivity contribution in [3.8, 4) is 0 Å². The number of likely N-dealkylation sites (N-methyl/N-ethyl adjacent to an activating group) is 1. The summed E-state index contributed by atoms with van der Waals surface area (Å²) in [6.45, 7) is 0. The van der Waals surface area contributed by atoms with E-state index in [-0.39, 0.29) is 17.8 Å². The van der Waals surface area contributed by atoms with Gasteiger partial charge in [0.05, 0.1) is 5.69 Å². The lowest BCUT2D eigenvalue weighted by Gasteiger charge is -2.22. The number of benzene rings is 2. The monoisotopic (exact) mass is 270 g/mol. The zero-order chi connectivity index (χ0) is 14.1. The fourth-order valence-electron chi connectivity index (χ4n) is 2.52. The van der Waals surface area contributed by atoms with E-state index in [9.17, 15) is 9.18 Å². The fraction of sp³-hybridized carbons (Fsp3) is 0.188. The standard InChI is InChI=1S/C16H15FN2O/c1-19(15-9-5-3-7-12(15)17)16(20)14-10-11-6-2-4-8-13(11)18-14/h2-9,14,18H,10H2,1H3. The molecule has 0 spiro atoms. The SMILES string of the molecule is CN(C(=O)C1Cc2ccccc2N1)c1ccccc1F. The summed E-state index contributed by atoms with van der Waals surface area (Å²) in [5, 5.41) is 3.19. The minimum Gasteiger partial charge on any atom is -0.373 e. The number of rotatable bonds is 2. The molecule has 3 rings (SSSR count). The van der Waals surface area contributed by atoms with Crippen LogP contribution in [-0.2, 0) is 11.2 Å². The first-order valence-electron chi connectivity index (χ1n) is 6.53. The Labute approximate surface area is 117 Å². The van der Waals surface area contributed by atoms with Crippen LogP contribution in [0, 0.1) is 5.82 Å². The number of nitrogens with zero attached hydrogens (tertiary/aromatic N) is 1. The third kappa shape index (κ3) is 2.13. The van der Waals surface area contributed by atoms with Gasteiger partial charge in [0, 0.05) is 19.2 Å². The van der Waals surface area contributed by atoms with Crippen LogP contribution in [0.25, 0.3) is 0 Å². The van der Waals surface area contributed by atoms with Crippen molar-refractivity contribution in [3.63, 3.8) is 0 Å². The summed E-state index contributed by atoms with van der Waals surface area (Å²) in [5.74, 6) is -0.523. The van der Waals surface area contributed by atoms with Gasteiger partial charge < -0.3 is 10.2 Å². The summed E-state index contributed by atoms with van der Waals surface area (Å²) < 4.78 is 13.7. The van der Waals surface area contributed by atoms with Crippen molar-refractivity contribution in [2.24, 2.45) is 0 Å². The Kier molecular flexibility index (Phi) is 3.14. The smallest absolute Gasteiger partial charge is 0.249 e. The second-order valence-corrected chi connectivity index (χ2v) is 4.91. The minimum absolute atomic E-state index is 0.133. The third-order valence-corrected chi connectivity index (χ3v) is 3.61. The summed E-state index contributed by atoms with van der Waals surface area (Å²) in [4.78, 5) is 13.8. The molecule has 1 unspecified atom stereocenters. The predicted molar refractivity (Wildman–Crippen MR) is 77.4 cm³/mol. The summed E-state index contributed by atoms with van der Waals surface area (Å²) in [6.07, 6.45) is 0.633. The first kappa shape index (κ1) is 12.7. The number of hydrogen-bond donors (Lipinski definition) is 1. The maximum absolute atomic E-state index is 13.7. The Balaban J connectivity index is 1.80. The number of carbonyl (C=O) groups excluding carboxylic acids is 1. The lowest BCUT2D eigenvalue weighted by molar-refractivity contribution is -0.118. The van der Waals surface area contributed by atoms with E-state index in [0.29, 0.717) is 12.1 Å². The van der Waals surface area contributed by atoms with Crippen LogP contribution < -0.4 is 10.2 Å². The second kappa shape index (κ2) is 4.96. The molecule has 1 heterocycles. The molecule has 0 saturated carbocycles. The van der Waals surface area contributed by atoms with Crippen LogP contribution in [0.3, 0.4) is 0 Å². The van der Waals surface area contributed by atoms with E-state index in [1.165, 1.54) is 11.0 Å². The van der Waals surface area contributed by atoms with E-state index in [1.54, 1.807) is 25.2 Å². The maximum atomic E-state index is 13.7. The van der Waals surface area contributed by atoms with Crippen molar-refractivity contribution in [2.45, 2.75) is 12.5 Å². The molecule has 4 heteroatoms. The van der Waals surface area contributed by atoms with Gasteiger partial charge in [-0.3, -0.25) is 4.79 Å². The highest BCUT2D eigenvalue weighted by Gasteiger charge is 2.29. The highest BCUT2D eigenvalue weighted by Crippen LogP contribution is 2.27. The molecule has 0 saturated heterocycles. The Morgan fingerprint density at radius 1 is 1.20 bits per heavy atom. The van der Waals surface area contributed by atoms with Crippen molar-refractivity contribution in [1.29, 1.82) is 0 Å². The van der Waals surface area contributed by atoms with Crippen LogP contribution in [0.4, 0.5) is 15.8 Å². The van der Waals surface area contributed by atoms with E-state index >= 15 is 0 Å². The van der Waals surface area contributed by atoms with Gasteiger partial charge in [-0.05, 0) is 23.8 Å². The number of para-hydroxylation sites is 2. The van der Waals surface area contributed by atoms with Crippen LogP contribution in [0.1, 0.15) is 5.56 Å². The Hall–Kier alpha value is -2.36. The lowest BCUT2D eigenvalue weighted by Crippen LogP contribution is -2.40. The van der Waals surface area contributed by atoms with Crippen LogP contribution >= 0.6 is 0 Å². The van der Waals surface area contributed by atoms with E-state index in [2.05, 4.69) is 5.32 Å².